The van der Waals surface area contributed by atoms with Crippen molar-refractivity contribution in [1.29, 1.82) is 0 Å². The van der Waals surface area contributed by atoms with E-state index in [1.165, 1.54) is 18.2 Å². The molecule has 0 atom stereocenters. The fourth-order valence-corrected chi connectivity index (χ4v) is 1.80. The average molecular weight is 297 g/mol. The molecular formula is C13H13ClN2O4. The Morgan fingerprint density at radius 3 is 2.95 bits per heavy atom. The molecule has 0 aliphatic heterocycles. The molecule has 20 heavy (non-hydrogen) atoms. The van der Waals surface area contributed by atoms with Gasteiger partial charge in [0.1, 0.15) is 5.75 Å². The molecule has 0 bridgehead atoms. The minimum absolute atomic E-state index is 0.0862. The number of aryl methyl sites for hydroxylation is 1. The number of halogens is 1. The van der Waals surface area contributed by atoms with Crippen molar-refractivity contribution in [3.05, 3.63) is 40.5 Å². The van der Waals surface area contributed by atoms with Gasteiger partial charge in [-0.25, -0.2) is 4.79 Å². The van der Waals surface area contributed by atoms with E-state index in [2.05, 4.69) is 10.1 Å². The Labute approximate surface area is 120 Å². The lowest BCUT2D eigenvalue weighted by atomic mass is 10.2. The van der Waals surface area contributed by atoms with E-state index >= 15 is 0 Å². The van der Waals surface area contributed by atoms with Gasteiger partial charge in [0.15, 0.2) is 12.4 Å². The molecule has 0 spiro atoms. The topological polar surface area (TPSA) is 85.5 Å². The molecule has 0 unspecified atom stereocenters. The summed E-state index contributed by atoms with van der Waals surface area (Å²) in [6.45, 7) is 2.11. The Balaban J connectivity index is 2.01. The first-order valence-corrected chi connectivity index (χ1v) is 6.45. The van der Waals surface area contributed by atoms with E-state index in [-0.39, 0.29) is 17.2 Å². The van der Waals surface area contributed by atoms with E-state index in [4.69, 9.17) is 26.0 Å². The molecule has 106 valence electrons. The maximum atomic E-state index is 10.8. The van der Waals surface area contributed by atoms with Crippen LogP contribution in [0, 0.1) is 0 Å². The van der Waals surface area contributed by atoms with Crippen LogP contribution in [0.2, 0.25) is 5.02 Å². The van der Waals surface area contributed by atoms with Crippen LogP contribution < -0.4 is 4.74 Å². The lowest BCUT2D eigenvalue weighted by Gasteiger charge is -2.06. The van der Waals surface area contributed by atoms with Crippen molar-refractivity contribution in [3.8, 4) is 5.75 Å². The molecular weight excluding hydrogens is 284 g/mol. The third kappa shape index (κ3) is 3.48. The molecule has 0 amide bonds. The fraction of sp³-hybridized carbons (Fsp3) is 0.308. The van der Waals surface area contributed by atoms with Gasteiger partial charge in [-0.05, 0) is 24.6 Å². The summed E-state index contributed by atoms with van der Waals surface area (Å²) in [5.41, 5.74) is 0.102. The monoisotopic (exact) mass is 296 g/mol. The number of carbonyl (C=O) groups is 1. The number of nitrogens with zero attached hydrogens (tertiary/aromatic N) is 2. The predicted octanol–water partition coefficient (Wildman–Crippen LogP) is 2.95. The van der Waals surface area contributed by atoms with Crippen LogP contribution in [0.1, 0.15) is 35.4 Å². The van der Waals surface area contributed by atoms with E-state index in [9.17, 15) is 4.79 Å². The largest absolute Gasteiger partial charge is 0.482 e. The number of carboxylic acid groups (broad SMARTS) is 1. The van der Waals surface area contributed by atoms with Gasteiger partial charge in [-0.15, -0.1) is 0 Å². The van der Waals surface area contributed by atoms with Crippen molar-refractivity contribution >= 4 is 17.6 Å². The summed E-state index contributed by atoms with van der Waals surface area (Å²) in [6, 6.07) is 4.24. The van der Waals surface area contributed by atoms with Gasteiger partial charge < -0.3 is 14.4 Å². The van der Waals surface area contributed by atoms with Gasteiger partial charge in [-0.3, -0.25) is 0 Å². The second-order valence-electron chi connectivity index (χ2n) is 4.09. The first kappa shape index (κ1) is 14.3. The highest BCUT2D eigenvalue weighted by Crippen LogP contribution is 2.26. The first-order chi connectivity index (χ1) is 9.60. The molecule has 6 nitrogen and oxygen atoms in total. The number of aromatic carboxylic acids is 1. The summed E-state index contributed by atoms with van der Waals surface area (Å²) in [5, 5.41) is 12.9. The lowest BCUT2D eigenvalue weighted by Crippen LogP contribution is -1.99. The molecule has 2 aromatic rings. The molecule has 0 fully saturated rings. The third-order valence-corrected chi connectivity index (χ3v) is 2.81. The van der Waals surface area contributed by atoms with Gasteiger partial charge in [-0.2, -0.15) is 4.98 Å². The first-order valence-electron chi connectivity index (χ1n) is 6.07. The highest BCUT2D eigenvalue weighted by atomic mass is 35.5. The smallest absolute Gasteiger partial charge is 0.335 e. The van der Waals surface area contributed by atoms with Crippen LogP contribution in [0.5, 0.6) is 5.75 Å². The molecule has 0 saturated heterocycles. The lowest BCUT2D eigenvalue weighted by molar-refractivity contribution is 0.0697. The zero-order chi connectivity index (χ0) is 14.5. The number of hydrogen-bond donors (Lipinski definition) is 1. The standard InChI is InChI=1S/C13H13ClN2O4/c1-2-3-11-15-12(20-16-11)7-19-10-5-4-8(13(17)18)6-9(10)14/h4-6H,2-3,7H2,1H3,(H,17,18). The normalized spacial score (nSPS) is 10.5. The van der Waals surface area contributed by atoms with Crippen molar-refractivity contribution in [2.75, 3.05) is 0 Å². The number of hydrogen-bond acceptors (Lipinski definition) is 5. The Hall–Kier alpha value is -2.08. The third-order valence-electron chi connectivity index (χ3n) is 2.51. The Kier molecular flexibility index (Phi) is 4.57. The summed E-state index contributed by atoms with van der Waals surface area (Å²) < 4.78 is 10.4. The number of ether oxygens (including phenoxy) is 1. The molecule has 0 radical (unpaired) electrons. The van der Waals surface area contributed by atoms with Crippen LogP contribution in [-0.2, 0) is 13.0 Å². The van der Waals surface area contributed by atoms with Gasteiger partial charge >= 0.3 is 5.97 Å². The van der Waals surface area contributed by atoms with Gasteiger partial charge in [0.25, 0.3) is 5.89 Å². The second-order valence-corrected chi connectivity index (χ2v) is 4.50. The van der Waals surface area contributed by atoms with Crippen LogP contribution in [0.25, 0.3) is 0 Å². The molecule has 7 heteroatoms. The number of rotatable bonds is 6. The maximum absolute atomic E-state index is 10.8. The van der Waals surface area contributed by atoms with Crippen LogP contribution in [0.3, 0.4) is 0 Å². The zero-order valence-corrected chi connectivity index (χ0v) is 11.6. The van der Waals surface area contributed by atoms with Gasteiger partial charge in [0, 0.05) is 6.42 Å². The van der Waals surface area contributed by atoms with Crippen molar-refractivity contribution in [3.63, 3.8) is 0 Å². The van der Waals surface area contributed by atoms with Gasteiger partial charge in [-0.1, -0.05) is 23.7 Å². The van der Waals surface area contributed by atoms with Crippen LogP contribution in [-0.4, -0.2) is 21.2 Å². The highest BCUT2D eigenvalue weighted by Gasteiger charge is 2.10. The van der Waals surface area contributed by atoms with E-state index in [0.717, 1.165) is 12.8 Å². The SMILES string of the molecule is CCCc1noc(COc2ccc(C(=O)O)cc2Cl)n1. The fourth-order valence-electron chi connectivity index (χ4n) is 1.56. The summed E-state index contributed by atoms with van der Waals surface area (Å²) in [6.07, 6.45) is 1.68. The molecule has 1 aromatic carbocycles. The molecule has 0 aliphatic carbocycles. The van der Waals surface area contributed by atoms with Crippen molar-refractivity contribution in [2.45, 2.75) is 26.4 Å². The molecule has 0 aliphatic rings. The van der Waals surface area contributed by atoms with Gasteiger partial charge in [0.2, 0.25) is 0 Å². The van der Waals surface area contributed by atoms with E-state index < -0.39 is 5.97 Å². The van der Waals surface area contributed by atoms with Crippen molar-refractivity contribution in [1.82, 2.24) is 10.1 Å². The van der Waals surface area contributed by atoms with Crippen LogP contribution in [0.4, 0.5) is 0 Å². The number of benzene rings is 1. The molecule has 1 aromatic heterocycles. The minimum Gasteiger partial charge on any atom is -0.482 e. The van der Waals surface area contributed by atoms with Crippen molar-refractivity contribution in [2.24, 2.45) is 0 Å². The predicted molar refractivity (Wildman–Crippen MR) is 71.0 cm³/mol. The van der Waals surface area contributed by atoms with E-state index in [0.29, 0.717) is 17.5 Å². The van der Waals surface area contributed by atoms with Crippen molar-refractivity contribution < 1.29 is 19.2 Å². The minimum atomic E-state index is -1.04. The Morgan fingerprint density at radius 2 is 2.30 bits per heavy atom. The number of carboxylic acids is 1. The van der Waals surface area contributed by atoms with E-state index in [1.807, 2.05) is 6.92 Å². The van der Waals surface area contributed by atoms with Crippen LogP contribution >= 0.6 is 11.6 Å². The summed E-state index contributed by atoms with van der Waals surface area (Å²) in [7, 11) is 0. The zero-order valence-electron chi connectivity index (χ0n) is 10.8. The Morgan fingerprint density at radius 1 is 1.50 bits per heavy atom. The highest BCUT2D eigenvalue weighted by molar-refractivity contribution is 6.32. The number of aromatic nitrogens is 2. The molecule has 1 heterocycles. The Bertz CT molecular complexity index is 612. The molecule has 0 saturated carbocycles. The average Bonchev–Trinajstić information content (AvgIpc) is 2.85. The quantitative estimate of drug-likeness (QED) is 0.882. The van der Waals surface area contributed by atoms with Gasteiger partial charge in [0.05, 0.1) is 10.6 Å². The maximum Gasteiger partial charge on any atom is 0.335 e. The molecule has 1 N–H and O–H groups in total. The van der Waals surface area contributed by atoms with Crippen LogP contribution in [0.15, 0.2) is 22.7 Å². The second kappa shape index (κ2) is 6.38. The summed E-state index contributed by atoms with van der Waals surface area (Å²) in [5.74, 6) is 0.316. The summed E-state index contributed by atoms with van der Waals surface area (Å²) >= 11 is 5.94. The summed E-state index contributed by atoms with van der Waals surface area (Å²) in [4.78, 5) is 14.9. The molecule has 2 rings (SSSR count). The van der Waals surface area contributed by atoms with E-state index in [1.54, 1.807) is 0 Å².